The minimum Gasteiger partial charge on any atom is -0.494 e. The monoisotopic (exact) mass is 389 g/mol. The molecule has 4 aromatic rings. The van der Waals surface area contributed by atoms with Crippen LogP contribution in [0.5, 0.6) is 5.75 Å². The van der Waals surface area contributed by atoms with E-state index in [0.29, 0.717) is 12.2 Å². The number of aryl methyl sites for hydroxylation is 1. The van der Waals surface area contributed by atoms with Gasteiger partial charge in [0.05, 0.1) is 13.7 Å². The molecule has 2 aromatic carbocycles. The number of rotatable bonds is 3. The predicted molar refractivity (Wildman–Crippen MR) is 110 cm³/mol. The van der Waals surface area contributed by atoms with Crippen LogP contribution in [0.4, 0.5) is 10.2 Å². The third-order valence-corrected chi connectivity index (χ3v) is 5.47. The zero-order valence-electron chi connectivity index (χ0n) is 16.3. The maximum Gasteiger partial charge on any atom is 0.145 e. The van der Waals surface area contributed by atoms with Gasteiger partial charge in [-0.1, -0.05) is 29.4 Å². The second kappa shape index (κ2) is 6.88. The van der Waals surface area contributed by atoms with Crippen molar-refractivity contribution in [1.82, 2.24) is 10.1 Å². The van der Waals surface area contributed by atoms with E-state index in [1.54, 1.807) is 13.2 Å². The molecule has 1 aliphatic heterocycles. The number of nitrogens with zero attached hydrogens (tertiary/aromatic N) is 3. The van der Waals surface area contributed by atoms with Crippen molar-refractivity contribution in [3.8, 4) is 17.0 Å². The Labute approximate surface area is 167 Å². The van der Waals surface area contributed by atoms with Gasteiger partial charge >= 0.3 is 0 Å². The van der Waals surface area contributed by atoms with Crippen molar-refractivity contribution in [1.29, 1.82) is 0 Å². The summed E-state index contributed by atoms with van der Waals surface area (Å²) in [5.41, 5.74) is 4.40. The van der Waals surface area contributed by atoms with Gasteiger partial charge in [0.15, 0.2) is 0 Å². The number of benzene rings is 2. The van der Waals surface area contributed by atoms with Crippen molar-refractivity contribution in [3.63, 3.8) is 0 Å². The van der Waals surface area contributed by atoms with Gasteiger partial charge in [0.25, 0.3) is 0 Å². The summed E-state index contributed by atoms with van der Waals surface area (Å²) >= 11 is 0. The lowest BCUT2D eigenvalue weighted by Gasteiger charge is -2.28. The van der Waals surface area contributed by atoms with E-state index >= 15 is 0 Å². The van der Waals surface area contributed by atoms with Crippen LogP contribution in [-0.2, 0) is 13.0 Å². The summed E-state index contributed by atoms with van der Waals surface area (Å²) < 4.78 is 24.8. The summed E-state index contributed by atoms with van der Waals surface area (Å²) in [6, 6.07) is 14.5. The summed E-state index contributed by atoms with van der Waals surface area (Å²) in [5, 5.41) is 5.30. The molecule has 0 bridgehead atoms. The zero-order chi connectivity index (χ0) is 20.0. The molecule has 29 heavy (non-hydrogen) atoms. The lowest BCUT2D eigenvalue weighted by molar-refractivity contribution is 0.378. The van der Waals surface area contributed by atoms with Crippen molar-refractivity contribution in [2.75, 3.05) is 18.6 Å². The molecule has 5 nitrogen and oxygen atoms in total. The van der Waals surface area contributed by atoms with Gasteiger partial charge in [-0.2, -0.15) is 0 Å². The molecule has 5 rings (SSSR count). The highest BCUT2D eigenvalue weighted by Gasteiger charge is 2.26. The number of aromatic nitrogens is 2. The van der Waals surface area contributed by atoms with Crippen LogP contribution in [0.25, 0.3) is 22.2 Å². The fourth-order valence-electron chi connectivity index (χ4n) is 3.97. The quantitative estimate of drug-likeness (QED) is 0.498. The van der Waals surface area contributed by atoms with E-state index < -0.39 is 0 Å². The number of hydrogen-bond donors (Lipinski definition) is 0. The maximum absolute atomic E-state index is 13.7. The van der Waals surface area contributed by atoms with Crippen LogP contribution in [0.2, 0.25) is 0 Å². The van der Waals surface area contributed by atoms with Crippen molar-refractivity contribution < 1.29 is 13.7 Å². The fraction of sp³-hybridized carbons (Fsp3) is 0.217. The van der Waals surface area contributed by atoms with Gasteiger partial charge in [-0.3, -0.25) is 0 Å². The molecule has 0 N–H and O–H groups in total. The summed E-state index contributed by atoms with van der Waals surface area (Å²) in [5.74, 6) is 2.22. The second-order valence-corrected chi connectivity index (χ2v) is 7.27. The third kappa shape index (κ3) is 3.01. The highest BCUT2D eigenvalue weighted by Crippen LogP contribution is 2.34. The molecule has 0 atom stereocenters. The Morgan fingerprint density at radius 1 is 1.14 bits per heavy atom. The first kappa shape index (κ1) is 17.7. The number of para-hydroxylation sites is 1. The highest BCUT2D eigenvalue weighted by atomic mass is 19.1. The number of halogens is 1. The highest BCUT2D eigenvalue weighted by molar-refractivity contribution is 5.89. The van der Waals surface area contributed by atoms with E-state index in [1.165, 1.54) is 12.1 Å². The van der Waals surface area contributed by atoms with Crippen LogP contribution >= 0.6 is 0 Å². The Bertz CT molecular complexity index is 1220. The van der Waals surface area contributed by atoms with E-state index in [-0.39, 0.29) is 5.82 Å². The van der Waals surface area contributed by atoms with Gasteiger partial charge in [-0.25, -0.2) is 9.37 Å². The molecular formula is C23H20FN3O2. The SMILES string of the molecule is COc1cccc2c(C)cc(N3CCc4onc(-c5cccc(F)c5)c4C3)nc12. The van der Waals surface area contributed by atoms with Gasteiger partial charge in [0.1, 0.15) is 34.4 Å². The van der Waals surface area contributed by atoms with Crippen LogP contribution < -0.4 is 9.64 Å². The Kier molecular flexibility index (Phi) is 4.19. The minimum absolute atomic E-state index is 0.286. The lowest BCUT2D eigenvalue weighted by Crippen LogP contribution is -2.30. The van der Waals surface area contributed by atoms with E-state index in [0.717, 1.165) is 57.9 Å². The topological polar surface area (TPSA) is 51.4 Å². The summed E-state index contributed by atoms with van der Waals surface area (Å²) in [7, 11) is 1.66. The second-order valence-electron chi connectivity index (χ2n) is 7.27. The van der Waals surface area contributed by atoms with Gasteiger partial charge in [-0.05, 0) is 36.8 Å². The molecule has 0 aliphatic carbocycles. The number of fused-ring (bicyclic) bond motifs is 2. The molecule has 2 aromatic heterocycles. The van der Waals surface area contributed by atoms with Crippen molar-refractivity contribution in [2.24, 2.45) is 0 Å². The van der Waals surface area contributed by atoms with E-state index in [2.05, 4.69) is 29.1 Å². The van der Waals surface area contributed by atoms with Crippen molar-refractivity contribution >= 4 is 16.7 Å². The summed E-state index contributed by atoms with van der Waals surface area (Å²) in [6.07, 6.45) is 0.725. The predicted octanol–water partition coefficient (Wildman–Crippen LogP) is 4.91. The van der Waals surface area contributed by atoms with Crippen LogP contribution in [0.3, 0.4) is 0 Å². The van der Waals surface area contributed by atoms with Crippen LogP contribution in [0, 0.1) is 12.7 Å². The Hall–Kier alpha value is -3.41. The first-order valence-electron chi connectivity index (χ1n) is 9.56. The van der Waals surface area contributed by atoms with Gasteiger partial charge < -0.3 is 14.2 Å². The molecule has 0 amide bonds. The van der Waals surface area contributed by atoms with E-state index in [9.17, 15) is 4.39 Å². The average molecular weight is 389 g/mol. The number of ether oxygens (including phenoxy) is 1. The molecule has 0 spiro atoms. The molecule has 146 valence electrons. The molecule has 0 saturated heterocycles. The largest absolute Gasteiger partial charge is 0.494 e. The van der Waals surface area contributed by atoms with Gasteiger partial charge in [0, 0.05) is 29.5 Å². The summed E-state index contributed by atoms with van der Waals surface area (Å²) in [6.45, 7) is 3.47. The van der Waals surface area contributed by atoms with Crippen molar-refractivity contribution in [2.45, 2.75) is 19.9 Å². The molecule has 1 aliphatic rings. The standard InChI is InChI=1S/C23H20FN3O2/c1-14-11-21(25-23-17(14)7-4-8-20(23)28-2)27-10-9-19-18(13-27)22(26-29-19)15-5-3-6-16(24)12-15/h3-8,11-12H,9-10,13H2,1-2H3. The van der Waals surface area contributed by atoms with Crippen LogP contribution in [0.1, 0.15) is 16.9 Å². The third-order valence-electron chi connectivity index (χ3n) is 5.47. The van der Waals surface area contributed by atoms with Crippen LogP contribution in [-0.4, -0.2) is 23.8 Å². The lowest BCUT2D eigenvalue weighted by atomic mass is 10.0. The number of methoxy groups -OCH3 is 1. The molecule has 0 unspecified atom stereocenters. The van der Waals surface area contributed by atoms with E-state index in [1.807, 2.05) is 18.2 Å². The number of hydrogen-bond acceptors (Lipinski definition) is 5. The summed E-state index contributed by atoms with van der Waals surface area (Å²) in [4.78, 5) is 7.10. The smallest absolute Gasteiger partial charge is 0.145 e. The fourth-order valence-corrected chi connectivity index (χ4v) is 3.97. The molecule has 0 saturated carbocycles. The number of pyridine rings is 1. The Balaban J connectivity index is 1.55. The zero-order valence-corrected chi connectivity index (χ0v) is 16.3. The Morgan fingerprint density at radius 3 is 2.83 bits per heavy atom. The Morgan fingerprint density at radius 2 is 2.00 bits per heavy atom. The van der Waals surface area contributed by atoms with Crippen molar-refractivity contribution in [3.05, 3.63) is 71.2 Å². The molecule has 6 heteroatoms. The van der Waals surface area contributed by atoms with E-state index in [4.69, 9.17) is 14.2 Å². The molecule has 0 radical (unpaired) electrons. The average Bonchev–Trinajstić information content (AvgIpc) is 3.16. The maximum atomic E-state index is 13.7. The normalized spacial score (nSPS) is 13.6. The molecule has 3 heterocycles. The minimum atomic E-state index is -0.286. The van der Waals surface area contributed by atoms with Gasteiger partial charge in [-0.15, -0.1) is 0 Å². The first-order valence-corrected chi connectivity index (χ1v) is 9.56. The van der Waals surface area contributed by atoms with Crippen LogP contribution in [0.15, 0.2) is 53.1 Å². The van der Waals surface area contributed by atoms with Gasteiger partial charge in [0.2, 0.25) is 0 Å². The first-order chi connectivity index (χ1) is 14.1. The number of anilines is 1. The molecule has 0 fully saturated rings. The molecular weight excluding hydrogens is 369 g/mol.